The lowest BCUT2D eigenvalue weighted by molar-refractivity contribution is -0.0328. The zero-order valence-electron chi connectivity index (χ0n) is 8.94. The Morgan fingerprint density at radius 3 is 2.67 bits per heavy atom. The Bertz CT molecular complexity index is 184. The van der Waals surface area contributed by atoms with Gasteiger partial charge in [0.25, 0.3) is 0 Å². The van der Waals surface area contributed by atoms with Gasteiger partial charge in [0, 0.05) is 11.8 Å². The van der Waals surface area contributed by atoms with E-state index in [0.717, 1.165) is 19.3 Å². The van der Waals surface area contributed by atoms with E-state index in [1.165, 1.54) is 6.42 Å². The van der Waals surface area contributed by atoms with E-state index in [9.17, 15) is 13.2 Å². The van der Waals surface area contributed by atoms with Crippen LogP contribution in [0.25, 0.3) is 0 Å². The van der Waals surface area contributed by atoms with Crippen molar-refractivity contribution in [3.63, 3.8) is 0 Å². The fourth-order valence-corrected chi connectivity index (χ4v) is 2.84. The molecule has 0 bridgehead atoms. The smallest absolute Gasteiger partial charge is 0.317 e. The zero-order chi connectivity index (χ0) is 11.3. The highest BCUT2D eigenvalue weighted by atomic mass is 32.2. The SMILES string of the molecule is CNC1CCCC(CCSC(F)(F)F)C1. The molecule has 0 aromatic rings. The molecule has 2 atom stereocenters. The van der Waals surface area contributed by atoms with Crippen LogP contribution in [0.4, 0.5) is 13.2 Å². The van der Waals surface area contributed by atoms with Gasteiger partial charge in [0.15, 0.2) is 0 Å². The number of alkyl halides is 3. The third-order valence-electron chi connectivity index (χ3n) is 2.98. The second-order valence-electron chi connectivity index (χ2n) is 4.10. The maximum atomic E-state index is 11.9. The Morgan fingerprint density at radius 1 is 1.33 bits per heavy atom. The number of rotatable bonds is 4. The third kappa shape index (κ3) is 5.66. The minimum absolute atomic E-state index is 0.116. The van der Waals surface area contributed by atoms with E-state index in [-0.39, 0.29) is 17.5 Å². The summed E-state index contributed by atoms with van der Waals surface area (Å²) >= 11 is 0.116. The van der Waals surface area contributed by atoms with Crippen molar-refractivity contribution in [2.24, 2.45) is 5.92 Å². The first kappa shape index (κ1) is 13.2. The average molecular weight is 241 g/mol. The highest BCUT2D eigenvalue weighted by molar-refractivity contribution is 8.00. The van der Waals surface area contributed by atoms with E-state index >= 15 is 0 Å². The van der Waals surface area contributed by atoms with E-state index in [1.54, 1.807) is 0 Å². The molecule has 1 aliphatic rings. The Kier molecular flexibility index (Phi) is 5.26. The molecule has 0 aliphatic heterocycles. The summed E-state index contributed by atoms with van der Waals surface area (Å²) in [5.74, 6) is 0.691. The van der Waals surface area contributed by atoms with Crippen LogP contribution in [0.5, 0.6) is 0 Å². The van der Waals surface area contributed by atoms with Crippen LogP contribution in [0, 0.1) is 5.92 Å². The van der Waals surface area contributed by atoms with Gasteiger partial charge in [-0.3, -0.25) is 0 Å². The molecule has 0 amide bonds. The quantitative estimate of drug-likeness (QED) is 0.809. The first-order chi connectivity index (χ1) is 7.01. The van der Waals surface area contributed by atoms with Gasteiger partial charge >= 0.3 is 5.51 Å². The molecule has 0 radical (unpaired) electrons. The van der Waals surface area contributed by atoms with Crippen LogP contribution in [0.1, 0.15) is 32.1 Å². The average Bonchev–Trinajstić information content (AvgIpc) is 2.16. The molecule has 15 heavy (non-hydrogen) atoms. The van der Waals surface area contributed by atoms with Crippen LogP contribution < -0.4 is 5.32 Å². The summed E-state index contributed by atoms with van der Waals surface area (Å²) in [5, 5.41) is 3.21. The third-order valence-corrected chi connectivity index (χ3v) is 3.75. The maximum absolute atomic E-state index is 11.9. The number of halogens is 3. The Hall–Kier alpha value is 0.100. The van der Waals surface area contributed by atoms with Crippen molar-refractivity contribution in [3.05, 3.63) is 0 Å². The summed E-state index contributed by atoms with van der Waals surface area (Å²) in [6.07, 6.45) is 5.14. The van der Waals surface area contributed by atoms with Crippen molar-refractivity contribution in [1.29, 1.82) is 0 Å². The number of hydrogen-bond acceptors (Lipinski definition) is 2. The normalized spacial score (nSPS) is 28.0. The predicted molar refractivity (Wildman–Crippen MR) is 57.9 cm³/mol. The summed E-state index contributed by atoms with van der Waals surface area (Å²) in [4.78, 5) is 0. The standard InChI is InChI=1S/C10H18F3NS/c1-14-9-4-2-3-8(7-9)5-6-15-10(11,12)13/h8-9,14H,2-7H2,1H3. The van der Waals surface area contributed by atoms with Crippen molar-refractivity contribution >= 4 is 11.8 Å². The van der Waals surface area contributed by atoms with Crippen LogP contribution in [0.3, 0.4) is 0 Å². The minimum Gasteiger partial charge on any atom is -0.317 e. The van der Waals surface area contributed by atoms with E-state index in [2.05, 4.69) is 5.32 Å². The van der Waals surface area contributed by atoms with Crippen LogP contribution in [0.2, 0.25) is 0 Å². The Morgan fingerprint density at radius 2 is 2.07 bits per heavy atom. The molecule has 2 unspecified atom stereocenters. The molecule has 0 spiro atoms. The highest BCUT2D eigenvalue weighted by Crippen LogP contribution is 2.34. The number of thioether (sulfide) groups is 1. The van der Waals surface area contributed by atoms with Crippen LogP contribution in [-0.4, -0.2) is 24.4 Å². The molecule has 0 aromatic heterocycles. The lowest BCUT2D eigenvalue weighted by Gasteiger charge is -2.28. The molecular formula is C10H18F3NS. The van der Waals surface area contributed by atoms with E-state index in [4.69, 9.17) is 0 Å². The molecule has 1 fully saturated rings. The second-order valence-corrected chi connectivity index (χ2v) is 5.26. The van der Waals surface area contributed by atoms with Crippen molar-refractivity contribution in [2.45, 2.75) is 43.7 Å². The summed E-state index contributed by atoms with van der Waals surface area (Å²) in [5.41, 5.74) is -4.06. The lowest BCUT2D eigenvalue weighted by atomic mass is 9.84. The molecule has 1 aliphatic carbocycles. The van der Waals surface area contributed by atoms with Gasteiger partial charge in [0.2, 0.25) is 0 Å². The van der Waals surface area contributed by atoms with Gasteiger partial charge in [0.1, 0.15) is 0 Å². The number of hydrogen-bond donors (Lipinski definition) is 1. The van der Waals surface area contributed by atoms with Crippen LogP contribution in [0.15, 0.2) is 0 Å². The molecule has 1 nitrogen and oxygen atoms in total. The first-order valence-corrected chi connectivity index (χ1v) is 6.38. The summed E-state index contributed by atoms with van der Waals surface area (Å²) in [7, 11) is 1.93. The van der Waals surface area contributed by atoms with Crippen LogP contribution in [-0.2, 0) is 0 Å². The van der Waals surface area contributed by atoms with Gasteiger partial charge in [-0.15, -0.1) is 0 Å². The maximum Gasteiger partial charge on any atom is 0.441 e. The van der Waals surface area contributed by atoms with E-state index in [1.807, 2.05) is 7.05 Å². The molecule has 0 saturated heterocycles. The van der Waals surface area contributed by atoms with Gasteiger partial charge in [0.05, 0.1) is 0 Å². The molecule has 0 heterocycles. The molecule has 1 saturated carbocycles. The van der Waals surface area contributed by atoms with Crippen LogP contribution >= 0.6 is 11.8 Å². The number of nitrogens with one attached hydrogen (secondary N) is 1. The molecule has 1 N–H and O–H groups in total. The van der Waals surface area contributed by atoms with Gasteiger partial charge in [-0.2, -0.15) is 13.2 Å². The second kappa shape index (κ2) is 5.99. The van der Waals surface area contributed by atoms with E-state index < -0.39 is 5.51 Å². The summed E-state index contributed by atoms with van der Waals surface area (Å²) in [6, 6.07) is 0.514. The largest absolute Gasteiger partial charge is 0.441 e. The fraction of sp³-hybridized carbons (Fsp3) is 1.00. The monoisotopic (exact) mass is 241 g/mol. The molecule has 0 aromatic carbocycles. The highest BCUT2D eigenvalue weighted by Gasteiger charge is 2.28. The summed E-state index contributed by atoms with van der Waals surface area (Å²) < 4.78 is 35.7. The van der Waals surface area contributed by atoms with Crippen molar-refractivity contribution in [3.8, 4) is 0 Å². The Balaban J connectivity index is 2.15. The predicted octanol–water partition coefficient (Wildman–Crippen LogP) is 3.41. The van der Waals surface area contributed by atoms with Gasteiger partial charge in [-0.05, 0) is 32.2 Å². The lowest BCUT2D eigenvalue weighted by Crippen LogP contribution is -2.31. The van der Waals surface area contributed by atoms with Gasteiger partial charge in [-0.1, -0.05) is 24.6 Å². The van der Waals surface area contributed by atoms with Crippen molar-refractivity contribution in [2.75, 3.05) is 12.8 Å². The van der Waals surface area contributed by atoms with Gasteiger partial charge < -0.3 is 5.32 Å². The minimum atomic E-state index is -4.06. The summed E-state index contributed by atoms with van der Waals surface area (Å²) in [6.45, 7) is 0. The molecule has 90 valence electrons. The topological polar surface area (TPSA) is 12.0 Å². The molecule has 1 rings (SSSR count). The fourth-order valence-electron chi connectivity index (χ4n) is 2.16. The van der Waals surface area contributed by atoms with E-state index in [0.29, 0.717) is 18.4 Å². The molecular weight excluding hydrogens is 223 g/mol. The Labute approximate surface area is 93.2 Å². The van der Waals surface area contributed by atoms with Crippen molar-refractivity contribution < 1.29 is 13.2 Å². The van der Waals surface area contributed by atoms with Gasteiger partial charge in [-0.25, -0.2) is 0 Å². The first-order valence-electron chi connectivity index (χ1n) is 5.39. The molecule has 5 heteroatoms. The van der Waals surface area contributed by atoms with Crippen molar-refractivity contribution in [1.82, 2.24) is 5.32 Å². The zero-order valence-corrected chi connectivity index (χ0v) is 9.76.